The monoisotopic (exact) mass is 414 g/mol. The fraction of sp³-hybridized carbons (Fsp3) is 0.238. The number of nitrogens with two attached hydrogens (primary N) is 2. The van der Waals surface area contributed by atoms with E-state index in [1.807, 2.05) is 0 Å². The molecular formula is C21H30N6O3. The van der Waals surface area contributed by atoms with Crippen molar-refractivity contribution < 1.29 is 14.7 Å². The van der Waals surface area contributed by atoms with Crippen LogP contribution in [0.15, 0.2) is 89.2 Å². The third kappa shape index (κ3) is 11.8. The molecule has 0 bridgehead atoms. The first kappa shape index (κ1) is 26.1. The number of allylic oxidation sites excluding steroid dienone is 4. The summed E-state index contributed by atoms with van der Waals surface area (Å²) in [4.78, 5) is 8.00. The van der Waals surface area contributed by atoms with Crippen LogP contribution in [0, 0.1) is 5.41 Å². The van der Waals surface area contributed by atoms with E-state index in [1.54, 1.807) is 12.2 Å². The van der Waals surface area contributed by atoms with E-state index in [9.17, 15) is 0 Å². The van der Waals surface area contributed by atoms with Gasteiger partial charge >= 0.3 is 0 Å². The number of nitrogens with zero attached hydrogens (tertiary/aromatic N) is 3. The third-order valence-electron chi connectivity index (χ3n) is 3.36. The van der Waals surface area contributed by atoms with E-state index in [2.05, 4.69) is 41.5 Å². The van der Waals surface area contributed by atoms with Gasteiger partial charge in [-0.15, -0.1) is 0 Å². The zero-order valence-electron chi connectivity index (χ0n) is 17.1. The summed E-state index contributed by atoms with van der Waals surface area (Å²) in [5.41, 5.74) is 11.1. The number of ether oxygens (including phenoxy) is 2. The van der Waals surface area contributed by atoms with Crippen molar-refractivity contribution in [2.24, 2.45) is 26.6 Å². The molecule has 0 radical (unpaired) electrons. The van der Waals surface area contributed by atoms with Gasteiger partial charge in [0.25, 0.3) is 0 Å². The third-order valence-corrected chi connectivity index (χ3v) is 3.36. The number of oxime groups is 1. The summed E-state index contributed by atoms with van der Waals surface area (Å²) < 4.78 is 11.2. The number of hydrogen-bond acceptors (Lipinski definition) is 7. The van der Waals surface area contributed by atoms with Gasteiger partial charge in [0.15, 0.2) is 5.84 Å². The van der Waals surface area contributed by atoms with Gasteiger partial charge in [-0.25, -0.2) is 9.98 Å². The molecule has 162 valence electrons. The number of nitrogens with one attached hydrogen (secondary N) is 1. The Hall–Kier alpha value is -3.88. The Morgan fingerprint density at radius 3 is 2.13 bits per heavy atom. The standard InChI is InChI=1S/C21H30N6O3/c1-5-11-18(15-25-16(4)20(22)23)30-13-10-8-9-12-29-17(6-2)14-26-19(7-3)21(24)27-28/h5-7,11,14-15,28H,1-4,8-10,12-13H2,(H3,22,23)(H2,24,27)/b17-14+,18-11+,25-15?,26-19+. The van der Waals surface area contributed by atoms with Crippen molar-refractivity contribution in [1.82, 2.24) is 0 Å². The van der Waals surface area contributed by atoms with Gasteiger partial charge < -0.3 is 26.1 Å². The molecule has 0 unspecified atom stereocenters. The lowest BCUT2D eigenvalue weighted by Crippen LogP contribution is -2.21. The van der Waals surface area contributed by atoms with Gasteiger partial charge in [-0.2, -0.15) is 0 Å². The zero-order chi connectivity index (χ0) is 22.8. The Morgan fingerprint density at radius 1 is 1.00 bits per heavy atom. The van der Waals surface area contributed by atoms with Gasteiger partial charge in [-0.1, -0.05) is 37.5 Å². The fourth-order valence-electron chi connectivity index (χ4n) is 1.77. The topological polar surface area (TPSA) is 152 Å². The van der Waals surface area contributed by atoms with Crippen LogP contribution in [0.3, 0.4) is 0 Å². The van der Waals surface area contributed by atoms with Crippen LogP contribution in [0.2, 0.25) is 0 Å². The highest BCUT2D eigenvalue weighted by Crippen LogP contribution is 2.05. The number of hydrogen-bond donors (Lipinski definition) is 4. The molecule has 0 aromatic heterocycles. The minimum atomic E-state index is -0.200. The molecule has 0 aliphatic rings. The quantitative estimate of drug-likeness (QED) is 0.0581. The average molecular weight is 415 g/mol. The van der Waals surface area contributed by atoms with E-state index in [1.165, 1.54) is 24.6 Å². The molecule has 0 rings (SSSR count). The minimum Gasteiger partial charge on any atom is -0.492 e. The van der Waals surface area contributed by atoms with Crippen molar-refractivity contribution in [2.75, 3.05) is 13.2 Å². The zero-order valence-corrected chi connectivity index (χ0v) is 17.1. The highest BCUT2D eigenvalue weighted by molar-refractivity contribution is 6.45. The summed E-state index contributed by atoms with van der Waals surface area (Å²) >= 11 is 0. The van der Waals surface area contributed by atoms with Crippen molar-refractivity contribution in [3.63, 3.8) is 0 Å². The Balaban J connectivity index is 4.36. The largest absolute Gasteiger partial charge is 0.492 e. The van der Waals surface area contributed by atoms with Crippen molar-refractivity contribution in [1.29, 1.82) is 5.41 Å². The van der Waals surface area contributed by atoms with Gasteiger partial charge in [0.1, 0.15) is 23.1 Å². The van der Waals surface area contributed by atoms with Crippen LogP contribution in [-0.4, -0.2) is 42.0 Å². The molecule has 6 N–H and O–H groups in total. The molecule has 0 saturated heterocycles. The SMILES string of the molecule is C=C/C=C(\C=NC(=C)C(=N)N)OCCCCCO/C(C=C)=C/N=C(C=C)/C(N)=N/O. The first-order chi connectivity index (χ1) is 14.4. The van der Waals surface area contributed by atoms with E-state index in [4.69, 9.17) is 31.6 Å². The Kier molecular flexibility index (Phi) is 14.0. The molecule has 0 aliphatic carbocycles. The molecule has 9 heteroatoms. The Bertz CT molecular complexity index is 776. The molecule has 9 nitrogen and oxygen atoms in total. The second kappa shape index (κ2) is 16.1. The van der Waals surface area contributed by atoms with E-state index >= 15 is 0 Å². The molecular weight excluding hydrogens is 384 g/mol. The summed E-state index contributed by atoms with van der Waals surface area (Å²) in [5, 5.41) is 18.8. The van der Waals surface area contributed by atoms with Crippen molar-refractivity contribution in [3.05, 3.63) is 74.0 Å². The molecule has 0 aromatic carbocycles. The maximum atomic E-state index is 8.66. The summed E-state index contributed by atoms with van der Waals surface area (Å²) in [6, 6.07) is 0. The summed E-state index contributed by atoms with van der Waals surface area (Å²) in [5.74, 6) is 0.607. The normalized spacial score (nSPS) is 13.1. The fourth-order valence-corrected chi connectivity index (χ4v) is 1.77. The molecule has 0 spiro atoms. The van der Waals surface area contributed by atoms with Crippen LogP contribution in [0.5, 0.6) is 0 Å². The molecule has 0 amide bonds. The van der Waals surface area contributed by atoms with Gasteiger partial charge in [-0.05, 0) is 37.5 Å². The predicted molar refractivity (Wildman–Crippen MR) is 123 cm³/mol. The van der Waals surface area contributed by atoms with Gasteiger partial charge in [0.05, 0.1) is 31.3 Å². The second-order valence-electron chi connectivity index (χ2n) is 5.62. The van der Waals surface area contributed by atoms with E-state index < -0.39 is 0 Å². The summed E-state index contributed by atoms with van der Waals surface area (Å²) in [7, 11) is 0. The highest BCUT2D eigenvalue weighted by Gasteiger charge is 2.00. The van der Waals surface area contributed by atoms with Crippen molar-refractivity contribution in [3.8, 4) is 0 Å². The lowest BCUT2D eigenvalue weighted by atomic mass is 10.2. The van der Waals surface area contributed by atoms with Crippen LogP contribution >= 0.6 is 0 Å². The minimum absolute atomic E-state index is 0.148. The number of amidine groups is 2. The van der Waals surface area contributed by atoms with Gasteiger partial charge in [0, 0.05) is 0 Å². The van der Waals surface area contributed by atoms with Crippen LogP contribution < -0.4 is 11.5 Å². The van der Waals surface area contributed by atoms with Crippen LogP contribution in [-0.2, 0) is 9.47 Å². The van der Waals surface area contributed by atoms with E-state index in [0.717, 1.165) is 19.3 Å². The lowest BCUT2D eigenvalue weighted by molar-refractivity contribution is 0.199. The highest BCUT2D eigenvalue weighted by atomic mass is 16.5. The molecule has 0 heterocycles. The predicted octanol–water partition coefficient (Wildman–Crippen LogP) is 3.18. The van der Waals surface area contributed by atoms with E-state index in [-0.39, 0.29) is 23.1 Å². The second-order valence-corrected chi connectivity index (χ2v) is 5.62. The van der Waals surface area contributed by atoms with Crippen molar-refractivity contribution in [2.45, 2.75) is 19.3 Å². The smallest absolute Gasteiger partial charge is 0.188 e. The molecule has 0 atom stereocenters. The van der Waals surface area contributed by atoms with E-state index in [0.29, 0.717) is 24.7 Å². The first-order valence-electron chi connectivity index (χ1n) is 9.06. The maximum Gasteiger partial charge on any atom is 0.188 e. The summed E-state index contributed by atoms with van der Waals surface area (Å²) in [6.45, 7) is 15.3. The number of rotatable bonds is 16. The average Bonchev–Trinajstić information content (AvgIpc) is 2.74. The molecule has 0 saturated carbocycles. The summed E-state index contributed by atoms with van der Waals surface area (Å²) in [6.07, 6.45) is 11.4. The first-order valence-corrected chi connectivity index (χ1v) is 9.06. The number of aliphatic imine (C=N–C) groups is 2. The van der Waals surface area contributed by atoms with Crippen molar-refractivity contribution >= 4 is 23.6 Å². The van der Waals surface area contributed by atoms with Crippen LogP contribution in [0.1, 0.15) is 19.3 Å². The van der Waals surface area contributed by atoms with Gasteiger partial charge in [-0.3, -0.25) is 5.41 Å². The number of unbranched alkanes of at least 4 members (excludes halogenated alkanes) is 2. The Labute approximate surface area is 177 Å². The van der Waals surface area contributed by atoms with Gasteiger partial charge in [0.2, 0.25) is 0 Å². The van der Waals surface area contributed by atoms with Crippen LogP contribution in [0.4, 0.5) is 0 Å². The molecule has 30 heavy (non-hydrogen) atoms. The lowest BCUT2D eigenvalue weighted by Gasteiger charge is -2.08. The molecule has 0 fully saturated rings. The van der Waals surface area contributed by atoms with Crippen LogP contribution in [0.25, 0.3) is 0 Å². The maximum absolute atomic E-state index is 8.66. The molecule has 0 aliphatic heterocycles. The molecule has 0 aromatic rings. The Morgan fingerprint density at radius 2 is 1.63 bits per heavy atom.